The van der Waals surface area contributed by atoms with Crippen molar-refractivity contribution in [3.05, 3.63) is 17.9 Å². The molecule has 1 aliphatic heterocycles. The second-order valence-corrected chi connectivity index (χ2v) is 7.04. The van der Waals surface area contributed by atoms with Gasteiger partial charge in [0.15, 0.2) is 0 Å². The van der Waals surface area contributed by atoms with E-state index in [2.05, 4.69) is 0 Å². The molecule has 0 amide bonds. The molecule has 1 fully saturated rings. The first kappa shape index (κ1) is 19.1. The van der Waals surface area contributed by atoms with Crippen molar-refractivity contribution in [3.8, 4) is 0 Å². The number of rotatable bonds is 3. The molecule has 5 heteroatoms. The van der Waals surface area contributed by atoms with E-state index in [1.165, 1.54) is 0 Å². The van der Waals surface area contributed by atoms with Gasteiger partial charge in [-0.15, -0.1) is 11.9 Å². The second kappa shape index (κ2) is 6.67. The first-order valence-corrected chi connectivity index (χ1v) is 7.33. The summed E-state index contributed by atoms with van der Waals surface area (Å²) in [4.78, 5) is 0. The number of hydrogen-bond acceptors (Lipinski definition) is 4. The van der Waals surface area contributed by atoms with Gasteiger partial charge in [0.2, 0.25) is 6.10 Å². The van der Waals surface area contributed by atoms with Gasteiger partial charge in [0.25, 0.3) is 0 Å². The Hall–Kier alpha value is 0.0562. The van der Waals surface area contributed by atoms with E-state index in [9.17, 15) is 10.2 Å². The Kier molecular flexibility index (Phi) is 6.06. The largest absolute Gasteiger partial charge is 2.00 e. The number of fused-ring (bicyclic) bond motifs is 1. The van der Waals surface area contributed by atoms with E-state index in [1.807, 2.05) is 34.6 Å². The molecule has 1 aliphatic carbocycles. The fourth-order valence-corrected chi connectivity index (χ4v) is 3.29. The molecule has 21 heavy (non-hydrogen) atoms. The van der Waals surface area contributed by atoms with Crippen LogP contribution in [0.1, 0.15) is 47.5 Å². The first-order chi connectivity index (χ1) is 9.17. The van der Waals surface area contributed by atoms with E-state index >= 15 is 0 Å². The molecular weight excluding hydrogens is 280 g/mol. The van der Waals surface area contributed by atoms with Gasteiger partial charge in [0.05, 0.1) is 11.7 Å². The molecule has 0 spiro atoms. The van der Waals surface area contributed by atoms with E-state index < -0.39 is 17.1 Å². The van der Waals surface area contributed by atoms with Gasteiger partial charge in [-0.1, -0.05) is 13.0 Å². The predicted molar refractivity (Wildman–Crippen MR) is 78.0 cm³/mol. The SMILES string of the molecule is C[C+](C)OC[C@]12C([O-])=C[C@@H](C)CC1OC(C)(C)C[C@H]2[O-].[Mg+2]. The van der Waals surface area contributed by atoms with Gasteiger partial charge < -0.3 is 14.9 Å². The average molecular weight is 306 g/mol. The van der Waals surface area contributed by atoms with Crippen LogP contribution in [0.4, 0.5) is 0 Å². The van der Waals surface area contributed by atoms with Gasteiger partial charge in [-0.3, -0.25) is 0 Å². The summed E-state index contributed by atoms with van der Waals surface area (Å²) >= 11 is 0. The summed E-state index contributed by atoms with van der Waals surface area (Å²) in [5, 5.41) is 25.3. The standard InChI is InChI=1S/C16H26O4.Mg/c1-10(2)19-9-16-12(17)6-11(3)7-14(16)20-15(4,5)8-13(16)18;/h6,11,13-14,17H,7-9H2,1-5H3;/q;+2/p-1/t11-,13-,14?,16-;/m1./s1. The predicted octanol–water partition coefficient (Wildman–Crippen LogP) is 0.761. The van der Waals surface area contributed by atoms with Crippen molar-refractivity contribution in [2.24, 2.45) is 11.3 Å². The average Bonchev–Trinajstić information content (AvgIpc) is 2.24. The number of hydrogen-bond donors (Lipinski definition) is 0. The van der Waals surface area contributed by atoms with Crippen molar-refractivity contribution in [1.29, 1.82) is 0 Å². The van der Waals surface area contributed by atoms with Crippen LogP contribution in [0.25, 0.3) is 0 Å². The van der Waals surface area contributed by atoms with E-state index in [4.69, 9.17) is 9.47 Å². The zero-order chi connectivity index (χ0) is 15.1. The van der Waals surface area contributed by atoms with Gasteiger partial charge in [0, 0.05) is 5.41 Å². The maximum absolute atomic E-state index is 12.8. The molecular formula is C16H25MgO4+. The quantitative estimate of drug-likeness (QED) is 0.570. The molecule has 1 heterocycles. The van der Waals surface area contributed by atoms with Gasteiger partial charge >= 0.3 is 23.1 Å². The van der Waals surface area contributed by atoms with Crippen LogP contribution in [0, 0.1) is 17.4 Å². The molecule has 4 nitrogen and oxygen atoms in total. The molecule has 1 saturated heterocycles. The summed E-state index contributed by atoms with van der Waals surface area (Å²) in [7, 11) is 0. The third-order valence-corrected chi connectivity index (χ3v) is 4.37. The van der Waals surface area contributed by atoms with Crippen molar-refractivity contribution in [2.45, 2.75) is 65.3 Å². The van der Waals surface area contributed by atoms with Crippen molar-refractivity contribution in [2.75, 3.05) is 6.61 Å². The third-order valence-electron chi connectivity index (χ3n) is 4.37. The van der Waals surface area contributed by atoms with Crippen LogP contribution in [-0.2, 0) is 9.47 Å². The maximum atomic E-state index is 12.8. The van der Waals surface area contributed by atoms with Gasteiger partial charge in [-0.05, 0) is 32.6 Å². The molecule has 2 aliphatic rings. The normalized spacial score (nSPS) is 38.0. The smallest absolute Gasteiger partial charge is 0.875 e. The van der Waals surface area contributed by atoms with Gasteiger partial charge in [-0.25, -0.2) is 0 Å². The summed E-state index contributed by atoms with van der Waals surface area (Å²) < 4.78 is 11.7. The van der Waals surface area contributed by atoms with Crippen LogP contribution in [0.5, 0.6) is 0 Å². The molecule has 114 valence electrons. The topological polar surface area (TPSA) is 64.6 Å². The van der Waals surface area contributed by atoms with E-state index in [0.717, 1.165) is 6.10 Å². The minimum Gasteiger partial charge on any atom is -0.875 e. The molecule has 0 radical (unpaired) electrons. The Balaban J connectivity index is 0.00000220. The van der Waals surface area contributed by atoms with Crippen molar-refractivity contribution in [1.82, 2.24) is 0 Å². The van der Waals surface area contributed by atoms with E-state index in [0.29, 0.717) is 12.8 Å². The third kappa shape index (κ3) is 3.70. The molecule has 0 saturated carbocycles. The molecule has 0 aromatic heterocycles. The second-order valence-electron chi connectivity index (χ2n) is 7.04. The summed E-state index contributed by atoms with van der Waals surface area (Å²) in [6, 6.07) is 0. The molecule has 0 bridgehead atoms. The Bertz CT molecular complexity index is 394. The molecule has 1 unspecified atom stereocenters. The van der Waals surface area contributed by atoms with Gasteiger partial charge in [0.1, 0.15) is 20.5 Å². The summed E-state index contributed by atoms with van der Waals surface area (Å²) in [5.74, 6) is 0.0476. The summed E-state index contributed by atoms with van der Waals surface area (Å²) in [6.07, 6.45) is 2.16. The summed E-state index contributed by atoms with van der Waals surface area (Å²) in [5.41, 5.74) is -1.53. The van der Waals surface area contributed by atoms with Crippen LogP contribution >= 0.6 is 0 Å². The Morgan fingerprint density at radius 2 is 2.05 bits per heavy atom. The molecule has 2 rings (SSSR count). The van der Waals surface area contributed by atoms with Gasteiger partial charge in [-0.2, -0.15) is 4.74 Å². The maximum Gasteiger partial charge on any atom is 2.00 e. The van der Waals surface area contributed by atoms with Crippen LogP contribution < -0.4 is 10.2 Å². The number of allylic oxidation sites excluding steroid dienone is 1. The summed E-state index contributed by atoms with van der Waals surface area (Å²) in [6.45, 7) is 9.63. The Labute approximate surface area is 144 Å². The Morgan fingerprint density at radius 1 is 1.43 bits per heavy atom. The molecule has 0 aromatic carbocycles. The first-order valence-electron chi connectivity index (χ1n) is 7.33. The van der Waals surface area contributed by atoms with Crippen molar-refractivity contribution >= 4 is 23.1 Å². The van der Waals surface area contributed by atoms with Crippen molar-refractivity contribution < 1.29 is 19.7 Å². The zero-order valence-corrected chi connectivity index (χ0v) is 15.2. The van der Waals surface area contributed by atoms with Crippen LogP contribution in [0.2, 0.25) is 0 Å². The molecule has 0 aromatic rings. The van der Waals surface area contributed by atoms with E-state index in [-0.39, 0.29) is 47.4 Å². The van der Waals surface area contributed by atoms with Crippen molar-refractivity contribution in [3.63, 3.8) is 0 Å². The number of ether oxygens (including phenoxy) is 2. The molecule has 0 N–H and O–H groups in total. The fourth-order valence-electron chi connectivity index (χ4n) is 3.29. The zero-order valence-electron chi connectivity index (χ0n) is 13.8. The Morgan fingerprint density at radius 3 is 2.62 bits per heavy atom. The van der Waals surface area contributed by atoms with Crippen LogP contribution in [0.3, 0.4) is 0 Å². The minimum absolute atomic E-state index is 0. The molecule has 4 atom stereocenters. The minimum atomic E-state index is -1.06. The monoisotopic (exact) mass is 305 g/mol. The van der Waals surface area contributed by atoms with E-state index in [1.54, 1.807) is 6.08 Å². The van der Waals surface area contributed by atoms with Crippen LogP contribution in [-0.4, -0.2) is 47.5 Å². The van der Waals surface area contributed by atoms with Crippen LogP contribution in [0.15, 0.2) is 11.8 Å². The fraction of sp³-hybridized carbons (Fsp3) is 0.812.